The van der Waals surface area contributed by atoms with Crippen molar-refractivity contribution in [2.24, 2.45) is 5.10 Å². The fourth-order valence-electron chi connectivity index (χ4n) is 2.60. The van der Waals surface area contributed by atoms with Crippen LogP contribution in [0, 0.1) is 20.8 Å². The molecule has 0 fully saturated rings. The predicted molar refractivity (Wildman–Crippen MR) is 96.3 cm³/mol. The van der Waals surface area contributed by atoms with Gasteiger partial charge in [0.05, 0.1) is 18.3 Å². The Balaban J connectivity index is 1.88. The van der Waals surface area contributed by atoms with E-state index in [0.29, 0.717) is 5.56 Å². The lowest BCUT2D eigenvalue weighted by Crippen LogP contribution is -2.26. The van der Waals surface area contributed by atoms with Crippen LogP contribution in [0.25, 0.3) is 0 Å². The van der Waals surface area contributed by atoms with E-state index < -0.39 is 11.7 Å². The minimum atomic E-state index is -4.37. The van der Waals surface area contributed by atoms with E-state index in [-0.39, 0.29) is 12.5 Å². The van der Waals surface area contributed by atoms with Gasteiger partial charge in [-0.1, -0.05) is 29.8 Å². The van der Waals surface area contributed by atoms with Crippen molar-refractivity contribution in [1.82, 2.24) is 5.43 Å². The summed E-state index contributed by atoms with van der Waals surface area (Å²) in [7, 11) is 0. The van der Waals surface area contributed by atoms with Gasteiger partial charge < -0.3 is 5.32 Å². The Hall–Kier alpha value is -2.83. The number of hydrazone groups is 1. The first-order chi connectivity index (χ1) is 12.2. The van der Waals surface area contributed by atoms with Gasteiger partial charge in [0.25, 0.3) is 5.91 Å². The van der Waals surface area contributed by atoms with Gasteiger partial charge in [-0.3, -0.25) is 4.79 Å². The molecule has 0 spiro atoms. The number of rotatable bonds is 5. The SMILES string of the molecule is Cc1cc(C)c(NCC(=O)N/N=C\c2ccc(C(F)(F)F)cc2)c(C)c1. The Morgan fingerprint density at radius 3 is 2.19 bits per heavy atom. The van der Waals surface area contributed by atoms with Crippen LogP contribution in [0.2, 0.25) is 0 Å². The highest BCUT2D eigenvalue weighted by Gasteiger charge is 2.29. The van der Waals surface area contributed by atoms with Crippen molar-refractivity contribution in [3.8, 4) is 0 Å². The summed E-state index contributed by atoms with van der Waals surface area (Å²) in [5.74, 6) is -0.354. The molecule has 2 aromatic carbocycles. The standard InChI is InChI=1S/C19H20F3N3O/c1-12-8-13(2)18(14(3)9-12)23-11-17(26)25-24-10-15-4-6-16(7-5-15)19(20,21)22/h4-10,23H,11H2,1-3H3,(H,25,26)/b24-10-. The van der Waals surface area contributed by atoms with Crippen LogP contribution >= 0.6 is 0 Å². The van der Waals surface area contributed by atoms with Crippen molar-refractivity contribution in [3.63, 3.8) is 0 Å². The van der Waals surface area contributed by atoms with Gasteiger partial charge in [0.2, 0.25) is 0 Å². The van der Waals surface area contributed by atoms with Crippen LogP contribution < -0.4 is 10.7 Å². The molecule has 0 unspecified atom stereocenters. The average molecular weight is 363 g/mol. The fraction of sp³-hybridized carbons (Fsp3) is 0.263. The Kier molecular flexibility index (Phi) is 6.02. The second kappa shape index (κ2) is 8.03. The van der Waals surface area contributed by atoms with Gasteiger partial charge in [-0.05, 0) is 49.6 Å². The number of anilines is 1. The fourth-order valence-corrected chi connectivity index (χ4v) is 2.60. The molecule has 4 nitrogen and oxygen atoms in total. The van der Waals surface area contributed by atoms with Crippen LogP contribution in [0.4, 0.5) is 18.9 Å². The van der Waals surface area contributed by atoms with Gasteiger partial charge in [-0.2, -0.15) is 18.3 Å². The quantitative estimate of drug-likeness (QED) is 0.618. The zero-order valence-corrected chi connectivity index (χ0v) is 14.7. The summed E-state index contributed by atoms with van der Waals surface area (Å²) in [4.78, 5) is 11.8. The number of hydrogen-bond acceptors (Lipinski definition) is 3. The second-order valence-corrected chi connectivity index (χ2v) is 6.04. The maximum absolute atomic E-state index is 12.5. The average Bonchev–Trinajstić information content (AvgIpc) is 2.53. The van der Waals surface area contributed by atoms with E-state index in [1.807, 2.05) is 32.9 Å². The van der Waals surface area contributed by atoms with Crippen molar-refractivity contribution >= 4 is 17.8 Å². The van der Waals surface area contributed by atoms with Gasteiger partial charge in [0.15, 0.2) is 0 Å². The van der Waals surface area contributed by atoms with Gasteiger partial charge >= 0.3 is 6.18 Å². The van der Waals surface area contributed by atoms with Crippen LogP contribution in [-0.4, -0.2) is 18.7 Å². The molecule has 0 aliphatic carbocycles. The molecule has 0 radical (unpaired) electrons. The molecule has 0 bridgehead atoms. The summed E-state index contributed by atoms with van der Waals surface area (Å²) in [5, 5.41) is 6.83. The molecule has 0 heterocycles. The number of carbonyl (C=O) groups excluding carboxylic acids is 1. The van der Waals surface area contributed by atoms with E-state index in [9.17, 15) is 18.0 Å². The summed E-state index contributed by atoms with van der Waals surface area (Å²) in [6.45, 7) is 5.97. The molecule has 138 valence electrons. The molecule has 26 heavy (non-hydrogen) atoms. The Labute approximate surface area is 150 Å². The van der Waals surface area contributed by atoms with Crippen LogP contribution in [0.5, 0.6) is 0 Å². The topological polar surface area (TPSA) is 53.5 Å². The largest absolute Gasteiger partial charge is 0.416 e. The molecule has 2 rings (SSSR count). The lowest BCUT2D eigenvalue weighted by molar-refractivity contribution is -0.137. The number of carbonyl (C=O) groups is 1. The van der Waals surface area contributed by atoms with Crippen molar-refractivity contribution in [1.29, 1.82) is 0 Å². The Bertz CT molecular complexity index is 789. The maximum Gasteiger partial charge on any atom is 0.416 e. The number of amides is 1. The number of nitrogens with one attached hydrogen (secondary N) is 2. The molecule has 0 saturated heterocycles. The predicted octanol–water partition coefficient (Wildman–Crippen LogP) is 4.19. The zero-order chi connectivity index (χ0) is 19.3. The van der Waals surface area contributed by atoms with E-state index >= 15 is 0 Å². The van der Waals surface area contributed by atoms with Gasteiger partial charge in [0, 0.05) is 5.69 Å². The second-order valence-electron chi connectivity index (χ2n) is 6.04. The van der Waals surface area contributed by atoms with E-state index in [1.165, 1.54) is 18.3 Å². The molecule has 0 aliphatic heterocycles. The Morgan fingerprint density at radius 2 is 1.65 bits per heavy atom. The minimum absolute atomic E-state index is 0.0368. The first-order valence-corrected chi connectivity index (χ1v) is 7.97. The summed E-state index contributed by atoms with van der Waals surface area (Å²) in [6, 6.07) is 8.55. The molecule has 0 saturated carbocycles. The van der Waals surface area contributed by atoms with E-state index in [0.717, 1.165) is 34.5 Å². The van der Waals surface area contributed by atoms with Crippen molar-refractivity contribution in [3.05, 3.63) is 64.2 Å². The molecular weight excluding hydrogens is 343 g/mol. The molecule has 7 heteroatoms. The highest BCUT2D eigenvalue weighted by Crippen LogP contribution is 2.28. The summed E-state index contributed by atoms with van der Waals surface area (Å²) in [6.07, 6.45) is -3.08. The van der Waals surface area contributed by atoms with Crippen molar-refractivity contribution < 1.29 is 18.0 Å². The van der Waals surface area contributed by atoms with Gasteiger partial charge in [-0.15, -0.1) is 0 Å². The lowest BCUT2D eigenvalue weighted by atomic mass is 10.1. The molecule has 0 atom stereocenters. The third kappa shape index (κ3) is 5.34. The first kappa shape index (κ1) is 19.5. The number of aryl methyl sites for hydroxylation is 3. The Morgan fingerprint density at radius 1 is 1.08 bits per heavy atom. The number of benzene rings is 2. The smallest absolute Gasteiger partial charge is 0.376 e. The third-order valence-electron chi connectivity index (χ3n) is 3.74. The molecule has 0 aliphatic rings. The number of hydrogen-bond donors (Lipinski definition) is 2. The van der Waals surface area contributed by atoms with Gasteiger partial charge in [0.1, 0.15) is 0 Å². The molecule has 2 N–H and O–H groups in total. The normalized spacial score (nSPS) is 11.6. The van der Waals surface area contributed by atoms with Crippen molar-refractivity contribution in [2.45, 2.75) is 26.9 Å². The van der Waals surface area contributed by atoms with E-state index in [2.05, 4.69) is 15.8 Å². The molecule has 0 aromatic heterocycles. The maximum atomic E-state index is 12.5. The number of alkyl halides is 3. The van der Waals surface area contributed by atoms with Crippen LogP contribution in [0.3, 0.4) is 0 Å². The van der Waals surface area contributed by atoms with E-state index in [1.54, 1.807) is 0 Å². The lowest BCUT2D eigenvalue weighted by Gasteiger charge is -2.13. The van der Waals surface area contributed by atoms with E-state index in [4.69, 9.17) is 0 Å². The first-order valence-electron chi connectivity index (χ1n) is 7.97. The van der Waals surface area contributed by atoms with Crippen molar-refractivity contribution in [2.75, 3.05) is 11.9 Å². The highest BCUT2D eigenvalue weighted by molar-refractivity contribution is 5.84. The minimum Gasteiger partial charge on any atom is -0.376 e. The number of halogens is 3. The summed E-state index contributed by atoms with van der Waals surface area (Å²) >= 11 is 0. The molecule has 2 aromatic rings. The van der Waals surface area contributed by atoms with Crippen LogP contribution in [0.15, 0.2) is 41.5 Å². The molecule has 1 amide bonds. The number of nitrogens with zero attached hydrogens (tertiary/aromatic N) is 1. The van der Waals surface area contributed by atoms with Gasteiger partial charge in [-0.25, -0.2) is 5.43 Å². The van der Waals surface area contributed by atoms with Crippen LogP contribution in [0.1, 0.15) is 27.8 Å². The monoisotopic (exact) mass is 363 g/mol. The zero-order valence-electron chi connectivity index (χ0n) is 14.7. The van der Waals surface area contributed by atoms with Crippen LogP contribution in [-0.2, 0) is 11.0 Å². The summed E-state index contributed by atoms with van der Waals surface area (Å²) < 4.78 is 37.5. The summed E-state index contributed by atoms with van der Waals surface area (Å²) in [5.41, 5.74) is 6.21. The third-order valence-corrected chi connectivity index (χ3v) is 3.74. The highest BCUT2D eigenvalue weighted by atomic mass is 19.4. The molecular formula is C19H20F3N3O.